The smallest absolute Gasteiger partial charge is 0.260 e. The summed E-state index contributed by atoms with van der Waals surface area (Å²) in [6.07, 6.45) is 3.48. The van der Waals surface area contributed by atoms with E-state index in [1.165, 1.54) is 35.6 Å². The number of carbonyl (C=O) groups is 1. The molecule has 6 rings (SSSR count). The number of piperidine rings is 1. The molecule has 2 aliphatic rings. The van der Waals surface area contributed by atoms with E-state index in [2.05, 4.69) is 25.5 Å². The summed E-state index contributed by atoms with van der Waals surface area (Å²) in [4.78, 5) is 36.4. The Balaban J connectivity index is 1.14. The zero-order valence-corrected chi connectivity index (χ0v) is 23.3. The fraction of sp³-hybridized carbons (Fsp3) is 0.393. The molecule has 1 unspecified atom stereocenters. The van der Waals surface area contributed by atoms with Crippen molar-refractivity contribution in [3.63, 3.8) is 0 Å². The molecule has 41 heavy (non-hydrogen) atoms. The molecule has 5 heterocycles. The molecule has 4 aromatic rings. The standard InChI is InChI=1S/C28H31FN8O3S/c29-19-5-7-22(8-6-19)40-18-25(38)37-10-2-3-20(17-37)31-27-32-21(16-36-11-13-39-14-12-36)15-24(34-27)35-28-33-23-4-1-9-30-26(23)41-28/h1,4-9,15,20H,2-3,10-14,16-18H2,(H2,31,32,33,34,35). The summed E-state index contributed by atoms with van der Waals surface area (Å²) < 4.78 is 24.2. The number of hydrogen-bond acceptors (Lipinski definition) is 11. The maximum absolute atomic E-state index is 13.2. The molecule has 13 heteroatoms. The van der Waals surface area contributed by atoms with Gasteiger partial charge in [-0.1, -0.05) is 11.3 Å². The van der Waals surface area contributed by atoms with Crippen LogP contribution in [0.2, 0.25) is 0 Å². The number of pyridine rings is 1. The summed E-state index contributed by atoms with van der Waals surface area (Å²) in [5.41, 5.74) is 1.71. The Hall–Kier alpha value is -3.94. The number of hydrogen-bond donors (Lipinski definition) is 2. The predicted octanol–water partition coefficient (Wildman–Crippen LogP) is 3.68. The zero-order valence-electron chi connectivity index (χ0n) is 22.5. The second-order valence-corrected chi connectivity index (χ2v) is 11.0. The molecular formula is C28H31FN8O3S. The molecule has 3 aromatic heterocycles. The summed E-state index contributed by atoms with van der Waals surface area (Å²) in [6, 6.07) is 11.4. The van der Waals surface area contributed by atoms with E-state index in [9.17, 15) is 9.18 Å². The number of thiazole rings is 1. The largest absolute Gasteiger partial charge is 0.484 e. The molecule has 2 saturated heterocycles. The van der Waals surface area contributed by atoms with E-state index in [-0.39, 0.29) is 24.4 Å². The van der Waals surface area contributed by atoms with Crippen molar-refractivity contribution < 1.29 is 18.7 Å². The number of carbonyl (C=O) groups excluding carboxylic acids is 1. The van der Waals surface area contributed by atoms with Gasteiger partial charge in [0.05, 0.1) is 18.9 Å². The molecule has 0 radical (unpaired) electrons. The lowest BCUT2D eigenvalue weighted by atomic mass is 10.1. The molecule has 2 aliphatic heterocycles. The number of nitrogens with zero attached hydrogens (tertiary/aromatic N) is 6. The van der Waals surface area contributed by atoms with Crippen LogP contribution in [0.15, 0.2) is 48.7 Å². The van der Waals surface area contributed by atoms with Crippen LogP contribution in [0.1, 0.15) is 18.5 Å². The first-order valence-corrected chi connectivity index (χ1v) is 14.5. The van der Waals surface area contributed by atoms with Gasteiger partial charge in [0.15, 0.2) is 11.7 Å². The van der Waals surface area contributed by atoms with Gasteiger partial charge in [-0.15, -0.1) is 0 Å². The third-order valence-electron chi connectivity index (χ3n) is 6.95. The highest BCUT2D eigenvalue weighted by Crippen LogP contribution is 2.27. The van der Waals surface area contributed by atoms with Gasteiger partial charge in [0.1, 0.15) is 27.7 Å². The molecular weight excluding hydrogens is 547 g/mol. The number of rotatable bonds is 9. The number of amides is 1. The number of nitrogens with one attached hydrogen (secondary N) is 2. The van der Waals surface area contributed by atoms with Crippen molar-refractivity contribution in [2.75, 3.05) is 56.6 Å². The topological polar surface area (TPSA) is 118 Å². The van der Waals surface area contributed by atoms with Crippen molar-refractivity contribution >= 4 is 44.5 Å². The van der Waals surface area contributed by atoms with Crippen LogP contribution >= 0.6 is 11.3 Å². The molecule has 11 nitrogen and oxygen atoms in total. The van der Waals surface area contributed by atoms with Crippen molar-refractivity contribution in [1.82, 2.24) is 29.7 Å². The highest BCUT2D eigenvalue weighted by atomic mass is 32.1. The lowest BCUT2D eigenvalue weighted by Crippen LogP contribution is -2.47. The maximum atomic E-state index is 13.2. The van der Waals surface area contributed by atoms with Crippen molar-refractivity contribution in [2.24, 2.45) is 0 Å². The fourth-order valence-corrected chi connectivity index (χ4v) is 5.71. The van der Waals surface area contributed by atoms with E-state index >= 15 is 0 Å². The number of morpholine rings is 1. The van der Waals surface area contributed by atoms with Crippen LogP contribution in [0, 0.1) is 5.82 Å². The van der Waals surface area contributed by atoms with Gasteiger partial charge < -0.3 is 25.0 Å². The molecule has 0 saturated carbocycles. The maximum Gasteiger partial charge on any atom is 0.260 e. The number of anilines is 3. The first kappa shape index (κ1) is 27.2. The number of ether oxygens (including phenoxy) is 2. The van der Waals surface area contributed by atoms with Gasteiger partial charge >= 0.3 is 0 Å². The molecule has 2 N–H and O–H groups in total. The summed E-state index contributed by atoms with van der Waals surface area (Å²) in [5, 5.41) is 7.51. The quantitative estimate of drug-likeness (QED) is 0.305. The fourth-order valence-electron chi connectivity index (χ4n) is 4.90. The van der Waals surface area contributed by atoms with Gasteiger partial charge in [0.2, 0.25) is 5.95 Å². The van der Waals surface area contributed by atoms with E-state index in [1.807, 2.05) is 18.2 Å². The SMILES string of the molecule is O=C(COc1ccc(F)cc1)N1CCCC(Nc2nc(CN3CCOCC3)cc(Nc3nc4cccnc4s3)n2)C1. The Kier molecular flexibility index (Phi) is 8.44. The van der Waals surface area contributed by atoms with Crippen LogP contribution in [-0.2, 0) is 16.1 Å². The van der Waals surface area contributed by atoms with E-state index in [4.69, 9.17) is 19.4 Å². The Morgan fingerprint density at radius 1 is 1.12 bits per heavy atom. The number of aromatic nitrogens is 4. The molecule has 1 atom stereocenters. The van der Waals surface area contributed by atoms with E-state index in [0.717, 1.165) is 42.0 Å². The minimum absolute atomic E-state index is 0.0170. The predicted molar refractivity (Wildman–Crippen MR) is 154 cm³/mol. The third kappa shape index (κ3) is 7.23. The Morgan fingerprint density at radius 3 is 2.80 bits per heavy atom. The van der Waals surface area contributed by atoms with Crippen molar-refractivity contribution in [2.45, 2.75) is 25.4 Å². The normalized spacial score (nSPS) is 17.9. The third-order valence-corrected chi connectivity index (χ3v) is 7.85. The lowest BCUT2D eigenvalue weighted by Gasteiger charge is -2.33. The van der Waals surface area contributed by atoms with Crippen LogP contribution < -0.4 is 15.4 Å². The van der Waals surface area contributed by atoms with E-state index in [1.54, 1.807) is 11.1 Å². The van der Waals surface area contributed by atoms with Crippen LogP contribution in [0.3, 0.4) is 0 Å². The number of likely N-dealkylation sites (tertiary alicyclic amines) is 1. The molecule has 1 aromatic carbocycles. The minimum Gasteiger partial charge on any atom is -0.484 e. The first-order valence-electron chi connectivity index (χ1n) is 13.7. The van der Waals surface area contributed by atoms with Gasteiger partial charge in [-0.3, -0.25) is 9.69 Å². The second-order valence-electron chi connectivity index (χ2n) is 9.99. The molecule has 2 fully saturated rings. The first-order chi connectivity index (χ1) is 20.1. The Morgan fingerprint density at radius 2 is 1.98 bits per heavy atom. The van der Waals surface area contributed by atoms with Gasteiger partial charge in [-0.25, -0.2) is 19.3 Å². The van der Waals surface area contributed by atoms with Crippen LogP contribution in [-0.4, -0.2) is 87.7 Å². The monoisotopic (exact) mass is 578 g/mol. The minimum atomic E-state index is -0.347. The number of benzene rings is 1. The molecule has 0 aliphatic carbocycles. The zero-order chi connectivity index (χ0) is 28.0. The molecule has 214 valence electrons. The summed E-state index contributed by atoms with van der Waals surface area (Å²) in [7, 11) is 0. The van der Waals surface area contributed by atoms with Crippen LogP contribution in [0.4, 0.5) is 21.3 Å². The van der Waals surface area contributed by atoms with Gasteiger partial charge in [0.25, 0.3) is 5.91 Å². The molecule has 0 bridgehead atoms. The second kappa shape index (κ2) is 12.7. The van der Waals surface area contributed by atoms with Crippen molar-refractivity contribution in [3.05, 3.63) is 60.2 Å². The van der Waals surface area contributed by atoms with Gasteiger partial charge in [-0.05, 0) is 49.2 Å². The summed E-state index contributed by atoms with van der Waals surface area (Å²) >= 11 is 1.47. The van der Waals surface area contributed by atoms with Gasteiger partial charge in [0, 0.05) is 51.0 Å². The van der Waals surface area contributed by atoms with E-state index in [0.29, 0.717) is 55.5 Å². The lowest BCUT2D eigenvalue weighted by molar-refractivity contribution is -0.134. The van der Waals surface area contributed by atoms with Gasteiger partial charge in [-0.2, -0.15) is 4.98 Å². The average Bonchev–Trinajstić information content (AvgIpc) is 3.39. The van der Waals surface area contributed by atoms with E-state index < -0.39 is 0 Å². The summed E-state index contributed by atoms with van der Waals surface area (Å²) in [5.74, 6) is 1.14. The molecule has 0 spiro atoms. The highest BCUT2D eigenvalue weighted by molar-refractivity contribution is 7.21. The highest BCUT2D eigenvalue weighted by Gasteiger charge is 2.25. The van der Waals surface area contributed by atoms with Crippen LogP contribution in [0.25, 0.3) is 10.3 Å². The number of halogens is 1. The molecule has 1 amide bonds. The van der Waals surface area contributed by atoms with Crippen molar-refractivity contribution in [1.29, 1.82) is 0 Å². The average molecular weight is 579 g/mol. The summed E-state index contributed by atoms with van der Waals surface area (Å²) in [6.45, 7) is 4.84. The number of fused-ring (bicyclic) bond motifs is 1. The Labute approximate surface area is 240 Å². The Bertz CT molecular complexity index is 1450. The van der Waals surface area contributed by atoms with Crippen molar-refractivity contribution in [3.8, 4) is 5.75 Å². The van der Waals surface area contributed by atoms with Crippen LogP contribution in [0.5, 0.6) is 5.75 Å².